The molecule has 2 aromatic carbocycles. The average Bonchev–Trinajstić information content (AvgIpc) is 2.62. The van der Waals surface area contributed by atoms with Gasteiger partial charge in [0.05, 0.1) is 4.90 Å². The minimum absolute atomic E-state index is 0.0121. The predicted molar refractivity (Wildman–Crippen MR) is 103 cm³/mol. The van der Waals surface area contributed by atoms with Crippen LogP contribution in [0.25, 0.3) is 0 Å². The Morgan fingerprint density at radius 1 is 1.12 bits per heavy atom. The third kappa shape index (κ3) is 3.97. The fourth-order valence-electron chi connectivity index (χ4n) is 3.27. The van der Waals surface area contributed by atoms with Gasteiger partial charge >= 0.3 is 0 Å². The third-order valence-corrected chi connectivity index (χ3v) is 6.77. The van der Waals surface area contributed by atoms with Crippen molar-refractivity contribution in [3.63, 3.8) is 0 Å². The van der Waals surface area contributed by atoms with Crippen molar-refractivity contribution < 1.29 is 13.2 Å². The number of piperidine rings is 1. The monoisotopic (exact) mass is 372 g/mol. The van der Waals surface area contributed by atoms with Crippen molar-refractivity contribution in [1.82, 2.24) is 4.31 Å². The van der Waals surface area contributed by atoms with Gasteiger partial charge in [-0.25, -0.2) is 8.42 Å². The summed E-state index contributed by atoms with van der Waals surface area (Å²) in [5, 5.41) is 2.83. The van der Waals surface area contributed by atoms with E-state index < -0.39 is 10.0 Å². The van der Waals surface area contributed by atoms with E-state index in [-0.39, 0.29) is 16.8 Å². The minimum Gasteiger partial charge on any atom is -0.322 e. The van der Waals surface area contributed by atoms with Crippen LogP contribution in [0.4, 0.5) is 5.69 Å². The second-order valence-corrected chi connectivity index (χ2v) is 8.70. The molecule has 0 spiro atoms. The van der Waals surface area contributed by atoms with Gasteiger partial charge in [0.25, 0.3) is 5.91 Å². The highest BCUT2D eigenvalue weighted by atomic mass is 32.2. The van der Waals surface area contributed by atoms with Crippen molar-refractivity contribution >= 4 is 21.6 Å². The summed E-state index contributed by atoms with van der Waals surface area (Å²) >= 11 is 0. The second-order valence-electron chi connectivity index (χ2n) is 6.81. The number of benzene rings is 2. The third-order valence-electron chi connectivity index (χ3n) is 4.74. The molecule has 1 N–H and O–H groups in total. The summed E-state index contributed by atoms with van der Waals surface area (Å²) < 4.78 is 27.2. The van der Waals surface area contributed by atoms with Crippen LogP contribution in [-0.2, 0) is 10.0 Å². The lowest BCUT2D eigenvalue weighted by Crippen LogP contribution is -2.41. The molecule has 0 aliphatic carbocycles. The van der Waals surface area contributed by atoms with Crippen molar-refractivity contribution in [2.24, 2.45) is 0 Å². The van der Waals surface area contributed by atoms with E-state index in [4.69, 9.17) is 0 Å². The van der Waals surface area contributed by atoms with Gasteiger partial charge in [-0.2, -0.15) is 4.31 Å². The molecular formula is C20H24N2O3S. The normalized spacial score (nSPS) is 18.5. The van der Waals surface area contributed by atoms with Crippen molar-refractivity contribution in [2.45, 2.75) is 44.0 Å². The summed E-state index contributed by atoms with van der Waals surface area (Å²) in [6.07, 6.45) is 2.84. The van der Waals surface area contributed by atoms with E-state index in [0.717, 1.165) is 24.8 Å². The van der Waals surface area contributed by atoms with Crippen LogP contribution < -0.4 is 5.32 Å². The zero-order valence-corrected chi connectivity index (χ0v) is 15.9. The Morgan fingerprint density at radius 2 is 1.85 bits per heavy atom. The standard InChI is InChI=1S/C20H24N2O3S/c1-15-6-5-8-18(14-15)21-20(23)17-9-11-19(12-10-17)26(24,25)22-13-4-3-7-16(22)2/h5-6,8-12,14,16H,3-4,7,13H2,1-2H3,(H,21,23)/t16-/m0/s1. The molecule has 0 aromatic heterocycles. The predicted octanol–water partition coefficient (Wildman–Crippen LogP) is 3.81. The van der Waals surface area contributed by atoms with Gasteiger partial charge in [0.15, 0.2) is 0 Å². The van der Waals surface area contributed by atoms with Crippen LogP contribution in [0.2, 0.25) is 0 Å². The highest BCUT2D eigenvalue weighted by Gasteiger charge is 2.30. The van der Waals surface area contributed by atoms with E-state index in [1.807, 2.05) is 38.1 Å². The SMILES string of the molecule is Cc1cccc(NC(=O)c2ccc(S(=O)(=O)N3CCCC[C@@H]3C)cc2)c1. The molecule has 3 rings (SSSR count). The molecule has 0 radical (unpaired) electrons. The minimum atomic E-state index is -3.52. The quantitative estimate of drug-likeness (QED) is 0.887. The van der Waals surface area contributed by atoms with Crippen LogP contribution in [0.15, 0.2) is 53.4 Å². The number of rotatable bonds is 4. The number of aryl methyl sites for hydroxylation is 1. The highest BCUT2D eigenvalue weighted by Crippen LogP contribution is 2.25. The van der Waals surface area contributed by atoms with Crippen LogP contribution in [-0.4, -0.2) is 31.2 Å². The zero-order valence-electron chi connectivity index (χ0n) is 15.1. The Morgan fingerprint density at radius 3 is 2.50 bits per heavy atom. The van der Waals surface area contributed by atoms with Gasteiger partial charge in [0.2, 0.25) is 10.0 Å². The van der Waals surface area contributed by atoms with Crippen molar-refractivity contribution in [3.05, 3.63) is 59.7 Å². The second kappa shape index (κ2) is 7.60. The smallest absolute Gasteiger partial charge is 0.255 e. The molecule has 0 unspecified atom stereocenters. The average molecular weight is 372 g/mol. The van der Waals surface area contributed by atoms with E-state index in [0.29, 0.717) is 17.8 Å². The van der Waals surface area contributed by atoms with Crippen molar-refractivity contribution in [2.75, 3.05) is 11.9 Å². The molecule has 0 bridgehead atoms. The molecular weight excluding hydrogens is 348 g/mol. The van der Waals surface area contributed by atoms with Gasteiger partial charge in [0.1, 0.15) is 0 Å². The molecule has 2 aromatic rings. The first-order valence-corrected chi connectivity index (χ1v) is 10.3. The number of nitrogens with one attached hydrogen (secondary N) is 1. The highest BCUT2D eigenvalue weighted by molar-refractivity contribution is 7.89. The number of amides is 1. The maximum atomic E-state index is 12.8. The largest absolute Gasteiger partial charge is 0.322 e. The van der Waals surface area contributed by atoms with Crippen molar-refractivity contribution in [1.29, 1.82) is 0 Å². The number of hydrogen-bond acceptors (Lipinski definition) is 3. The fraction of sp³-hybridized carbons (Fsp3) is 0.350. The van der Waals surface area contributed by atoms with E-state index >= 15 is 0 Å². The molecule has 1 amide bonds. The van der Waals surface area contributed by atoms with Crippen LogP contribution >= 0.6 is 0 Å². The summed E-state index contributed by atoms with van der Waals surface area (Å²) in [6, 6.07) is 13.7. The van der Waals surface area contributed by atoms with Crippen LogP contribution in [0.5, 0.6) is 0 Å². The number of carbonyl (C=O) groups is 1. The van der Waals surface area contributed by atoms with E-state index in [9.17, 15) is 13.2 Å². The van der Waals surface area contributed by atoms with Gasteiger partial charge in [-0.1, -0.05) is 18.6 Å². The van der Waals surface area contributed by atoms with Gasteiger partial charge < -0.3 is 5.32 Å². The molecule has 1 saturated heterocycles. The summed E-state index contributed by atoms with van der Waals surface area (Å²) in [6.45, 7) is 4.45. The Bertz CT molecular complexity index is 892. The van der Waals surface area contributed by atoms with Crippen LogP contribution in [0, 0.1) is 6.92 Å². The molecule has 1 heterocycles. The molecule has 5 nitrogen and oxygen atoms in total. The molecule has 1 fully saturated rings. The summed E-state index contributed by atoms with van der Waals surface area (Å²) in [4.78, 5) is 12.6. The van der Waals surface area contributed by atoms with E-state index in [1.54, 1.807) is 16.4 Å². The fourth-order valence-corrected chi connectivity index (χ4v) is 4.97. The first-order valence-electron chi connectivity index (χ1n) is 8.88. The Hall–Kier alpha value is -2.18. The molecule has 6 heteroatoms. The maximum Gasteiger partial charge on any atom is 0.255 e. The Kier molecular flexibility index (Phi) is 5.44. The first kappa shape index (κ1) is 18.6. The van der Waals surface area contributed by atoms with Crippen LogP contribution in [0.1, 0.15) is 42.1 Å². The maximum absolute atomic E-state index is 12.8. The topological polar surface area (TPSA) is 66.5 Å². The Balaban J connectivity index is 1.76. The molecule has 1 aliphatic rings. The first-order chi connectivity index (χ1) is 12.4. The Labute approximate surface area is 155 Å². The lowest BCUT2D eigenvalue weighted by molar-refractivity contribution is 0.102. The number of carbonyl (C=O) groups excluding carboxylic acids is 1. The van der Waals surface area contributed by atoms with E-state index in [1.165, 1.54) is 12.1 Å². The van der Waals surface area contributed by atoms with Gasteiger partial charge in [-0.15, -0.1) is 0 Å². The lowest BCUT2D eigenvalue weighted by Gasteiger charge is -2.32. The van der Waals surface area contributed by atoms with Gasteiger partial charge in [-0.3, -0.25) is 4.79 Å². The van der Waals surface area contributed by atoms with Crippen LogP contribution in [0.3, 0.4) is 0 Å². The molecule has 138 valence electrons. The molecule has 0 saturated carbocycles. The molecule has 1 atom stereocenters. The molecule has 1 aliphatic heterocycles. The van der Waals surface area contributed by atoms with E-state index in [2.05, 4.69) is 5.32 Å². The number of hydrogen-bond donors (Lipinski definition) is 1. The van der Waals surface area contributed by atoms with Crippen molar-refractivity contribution in [3.8, 4) is 0 Å². The summed E-state index contributed by atoms with van der Waals surface area (Å²) in [5.74, 6) is -0.258. The number of sulfonamides is 1. The lowest BCUT2D eigenvalue weighted by atomic mass is 10.1. The summed E-state index contributed by atoms with van der Waals surface area (Å²) in [7, 11) is -3.52. The van der Waals surface area contributed by atoms with Gasteiger partial charge in [-0.05, 0) is 68.7 Å². The number of nitrogens with zero attached hydrogens (tertiary/aromatic N) is 1. The summed E-state index contributed by atoms with van der Waals surface area (Å²) in [5.41, 5.74) is 2.20. The number of anilines is 1. The molecule has 26 heavy (non-hydrogen) atoms. The van der Waals surface area contributed by atoms with Gasteiger partial charge in [0, 0.05) is 23.8 Å². The zero-order chi connectivity index (χ0) is 18.7.